The Labute approximate surface area is 76.5 Å². The predicted octanol–water partition coefficient (Wildman–Crippen LogP) is 2.18. The monoisotopic (exact) mass is 173 g/mol. The fourth-order valence-electron chi connectivity index (χ4n) is 0.829. The van der Waals surface area contributed by atoms with E-state index in [0.717, 1.165) is 39.0 Å². The second kappa shape index (κ2) is 6.44. The van der Waals surface area contributed by atoms with Gasteiger partial charge < -0.3 is 10.5 Å². The Morgan fingerprint density at radius 2 is 1.75 bits per heavy atom. The number of unbranched alkanes of at least 4 members (excludes halogenated alkanes) is 1. The molecule has 0 saturated carbocycles. The van der Waals surface area contributed by atoms with Gasteiger partial charge in [0.05, 0.1) is 0 Å². The van der Waals surface area contributed by atoms with E-state index in [9.17, 15) is 0 Å². The zero-order valence-corrected chi connectivity index (χ0v) is 8.73. The second-order valence-corrected chi connectivity index (χ2v) is 4.42. The van der Waals surface area contributed by atoms with Crippen LogP contribution in [-0.4, -0.2) is 19.8 Å². The van der Waals surface area contributed by atoms with Crippen LogP contribution in [0.1, 0.15) is 40.0 Å². The molecule has 74 valence electrons. The van der Waals surface area contributed by atoms with Gasteiger partial charge in [-0.25, -0.2) is 0 Å². The minimum atomic E-state index is 0.397. The molecule has 0 spiro atoms. The summed E-state index contributed by atoms with van der Waals surface area (Å²) in [4.78, 5) is 0. The molecule has 0 bridgehead atoms. The van der Waals surface area contributed by atoms with Crippen LogP contribution in [0.5, 0.6) is 0 Å². The Hall–Kier alpha value is -0.0800. The number of hydrogen-bond acceptors (Lipinski definition) is 2. The van der Waals surface area contributed by atoms with E-state index in [1.54, 1.807) is 0 Å². The molecule has 0 atom stereocenters. The minimum absolute atomic E-state index is 0.397. The number of hydrogen-bond donors (Lipinski definition) is 1. The fourth-order valence-corrected chi connectivity index (χ4v) is 0.829. The maximum Gasteiger partial charge on any atom is 0.0471 e. The highest BCUT2D eigenvalue weighted by Gasteiger charge is 2.08. The maximum absolute atomic E-state index is 5.46. The molecule has 2 heteroatoms. The van der Waals surface area contributed by atoms with E-state index in [0.29, 0.717) is 5.41 Å². The van der Waals surface area contributed by atoms with E-state index in [-0.39, 0.29) is 0 Å². The first-order chi connectivity index (χ1) is 5.56. The van der Waals surface area contributed by atoms with Crippen molar-refractivity contribution in [1.29, 1.82) is 0 Å². The summed E-state index contributed by atoms with van der Waals surface area (Å²) in [6.07, 6.45) is 3.31. The summed E-state index contributed by atoms with van der Waals surface area (Å²) in [5.74, 6) is 0. The van der Waals surface area contributed by atoms with Crippen LogP contribution in [0.4, 0.5) is 0 Å². The highest BCUT2D eigenvalue weighted by Crippen LogP contribution is 2.17. The average Bonchev–Trinajstić information content (AvgIpc) is 1.94. The molecule has 0 aliphatic carbocycles. The molecule has 0 rings (SSSR count). The molecular weight excluding hydrogens is 150 g/mol. The van der Waals surface area contributed by atoms with Crippen LogP contribution in [0, 0.1) is 5.41 Å². The summed E-state index contributed by atoms with van der Waals surface area (Å²) in [7, 11) is 0. The largest absolute Gasteiger partial charge is 0.381 e. The molecule has 2 N–H and O–H groups in total. The van der Waals surface area contributed by atoms with Crippen molar-refractivity contribution in [2.24, 2.45) is 11.1 Å². The zero-order valence-electron chi connectivity index (χ0n) is 8.73. The lowest BCUT2D eigenvalue weighted by atomic mass is 9.93. The lowest BCUT2D eigenvalue weighted by Crippen LogP contribution is -2.10. The first-order valence-electron chi connectivity index (χ1n) is 4.84. The summed E-state index contributed by atoms with van der Waals surface area (Å²) in [5, 5.41) is 0. The van der Waals surface area contributed by atoms with Crippen molar-refractivity contribution in [2.75, 3.05) is 19.8 Å². The van der Waals surface area contributed by atoms with Crippen LogP contribution in [0.2, 0.25) is 0 Å². The van der Waals surface area contributed by atoms with E-state index in [4.69, 9.17) is 10.5 Å². The summed E-state index contributed by atoms with van der Waals surface area (Å²) >= 11 is 0. The van der Waals surface area contributed by atoms with E-state index in [1.165, 1.54) is 0 Å². The predicted molar refractivity (Wildman–Crippen MR) is 53.2 cm³/mol. The Bertz CT molecular complexity index is 96.5. The van der Waals surface area contributed by atoms with E-state index >= 15 is 0 Å². The molecule has 0 aliphatic heterocycles. The van der Waals surface area contributed by atoms with Crippen molar-refractivity contribution in [2.45, 2.75) is 40.0 Å². The molecule has 2 nitrogen and oxygen atoms in total. The standard InChI is InChI=1S/C10H23NO/c1-10(2,3)6-9-12-8-5-4-7-11/h4-9,11H2,1-3H3. The van der Waals surface area contributed by atoms with Crippen LogP contribution in [0.25, 0.3) is 0 Å². The molecule has 0 aromatic heterocycles. The highest BCUT2D eigenvalue weighted by atomic mass is 16.5. The zero-order chi connectivity index (χ0) is 9.45. The van der Waals surface area contributed by atoms with Crippen LogP contribution in [-0.2, 0) is 4.74 Å². The fraction of sp³-hybridized carbons (Fsp3) is 1.00. The van der Waals surface area contributed by atoms with Crippen LogP contribution < -0.4 is 5.73 Å². The maximum atomic E-state index is 5.46. The molecule has 0 aromatic rings. The SMILES string of the molecule is CC(C)(C)CCOCCCCN. The molecule has 0 unspecified atom stereocenters. The van der Waals surface area contributed by atoms with Crippen molar-refractivity contribution in [3.63, 3.8) is 0 Å². The van der Waals surface area contributed by atoms with Crippen molar-refractivity contribution in [1.82, 2.24) is 0 Å². The lowest BCUT2D eigenvalue weighted by molar-refractivity contribution is 0.106. The van der Waals surface area contributed by atoms with Gasteiger partial charge in [0.15, 0.2) is 0 Å². The van der Waals surface area contributed by atoms with Gasteiger partial charge in [-0.15, -0.1) is 0 Å². The smallest absolute Gasteiger partial charge is 0.0471 e. The van der Waals surface area contributed by atoms with Crippen molar-refractivity contribution in [3.05, 3.63) is 0 Å². The van der Waals surface area contributed by atoms with Gasteiger partial charge in [0.1, 0.15) is 0 Å². The van der Waals surface area contributed by atoms with Crippen LogP contribution in [0.15, 0.2) is 0 Å². The summed E-state index contributed by atoms with van der Waals surface area (Å²) in [6, 6.07) is 0. The molecule has 0 amide bonds. The number of nitrogens with two attached hydrogens (primary N) is 1. The number of rotatable bonds is 6. The number of ether oxygens (including phenoxy) is 1. The Balaban J connectivity index is 3.01. The summed E-state index contributed by atoms with van der Waals surface area (Å²) < 4.78 is 5.46. The molecular formula is C10H23NO. The quantitative estimate of drug-likeness (QED) is 0.625. The topological polar surface area (TPSA) is 35.2 Å². The molecule has 0 aliphatic rings. The molecule has 0 aromatic carbocycles. The molecule has 0 radical (unpaired) electrons. The Morgan fingerprint density at radius 1 is 1.08 bits per heavy atom. The van der Waals surface area contributed by atoms with Gasteiger partial charge in [0, 0.05) is 13.2 Å². The van der Waals surface area contributed by atoms with Crippen LogP contribution in [0.3, 0.4) is 0 Å². The molecule has 0 fully saturated rings. The van der Waals surface area contributed by atoms with E-state index in [2.05, 4.69) is 20.8 Å². The first kappa shape index (κ1) is 11.9. The van der Waals surface area contributed by atoms with Crippen LogP contribution >= 0.6 is 0 Å². The third-order valence-electron chi connectivity index (χ3n) is 1.74. The Morgan fingerprint density at radius 3 is 2.25 bits per heavy atom. The molecule has 12 heavy (non-hydrogen) atoms. The van der Waals surface area contributed by atoms with Gasteiger partial charge in [0.25, 0.3) is 0 Å². The third kappa shape index (κ3) is 9.92. The Kier molecular flexibility index (Phi) is 6.39. The van der Waals surface area contributed by atoms with Gasteiger partial charge in [-0.1, -0.05) is 20.8 Å². The van der Waals surface area contributed by atoms with E-state index < -0.39 is 0 Å². The average molecular weight is 173 g/mol. The summed E-state index contributed by atoms with van der Waals surface area (Å²) in [5.41, 5.74) is 5.75. The lowest BCUT2D eigenvalue weighted by Gasteiger charge is -2.17. The van der Waals surface area contributed by atoms with Gasteiger partial charge in [-0.3, -0.25) is 0 Å². The van der Waals surface area contributed by atoms with Gasteiger partial charge >= 0.3 is 0 Å². The van der Waals surface area contributed by atoms with Gasteiger partial charge in [0.2, 0.25) is 0 Å². The van der Waals surface area contributed by atoms with Crippen molar-refractivity contribution < 1.29 is 4.74 Å². The van der Waals surface area contributed by atoms with Gasteiger partial charge in [-0.2, -0.15) is 0 Å². The first-order valence-corrected chi connectivity index (χ1v) is 4.84. The minimum Gasteiger partial charge on any atom is -0.381 e. The summed E-state index contributed by atoms with van der Waals surface area (Å²) in [6.45, 7) is 9.23. The molecule has 0 heterocycles. The van der Waals surface area contributed by atoms with Crippen molar-refractivity contribution >= 4 is 0 Å². The second-order valence-electron chi connectivity index (χ2n) is 4.42. The third-order valence-corrected chi connectivity index (χ3v) is 1.74. The highest BCUT2D eigenvalue weighted by molar-refractivity contribution is 4.59. The van der Waals surface area contributed by atoms with Gasteiger partial charge in [-0.05, 0) is 31.2 Å². The molecule has 0 saturated heterocycles. The van der Waals surface area contributed by atoms with Crippen molar-refractivity contribution in [3.8, 4) is 0 Å². The normalized spacial score (nSPS) is 12.0. The van der Waals surface area contributed by atoms with E-state index in [1.807, 2.05) is 0 Å².